The topological polar surface area (TPSA) is 64.1 Å². The average molecular weight is 444 g/mol. The predicted molar refractivity (Wildman–Crippen MR) is 113 cm³/mol. The van der Waals surface area contributed by atoms with Gasteiger partial charge in [0.05, 0.1) is 18.7 Å². The number of aliphatic hydroxyl groups is 1. The normalized spacial score (nSPS) is 25.7. The number of nitrogens with zero attached hydrogens (tertiary/aromatic N) is 3. The molecule has 2 amide bonds. The highest BCUT2D eigenvalue weighted by Gasteiger charge is 2.64. The van der Waals surface area contributed by atoms with Crippen molar-refractivity contribution in [3.63, 3.8) is 0 Å². The van der Waals surface area contributed by atoms with Gasteiger partial charge in [0.1, 0.15) is 11.4 Å². The lowest BCUT2D eigenvalue weighted by molar-refractivity contribution is -0.181. The van der Waals surface area contributed by atoms with Crippen LogP contribution in [0.25, 0.3) is 0 Å². The molecule has 0 radical (unpaired) electrons. The number of carbonyl (C=O) groups is 2. The summed E-state index contributed by atoms with van der Waals surface area (Å²) in [5.41, 5.74) is 0.928. The molecule has 0 aliphatic carbocycles. The van der Waals surface area contributed by atoms with Crippen LogP contribution in [0.15, 0.2) is 48.5 Å². The monoisotopic (exact) mass is 443 g/mol. The number of aliphatic hydroxyl groups excluding tert-OH is 1. The molecule has 3 heterocycles. The number of benzene rings is 2. The zero-order chi connectivity index (χ0) is 21.8. The third kappa shape index (κ3) is 3.55. The number of imide groups is 1. The number of fused-ring (bicyclic) bond motifs is 2. The molecule has 1 spiro atoms. The van der Waals surface area contributed by atoms with Crippen molar-refractivity contribution in [2.75, 3.05) is 19.6 Å². The van der Waals surface area contributed by atoms with E-state index in [0.29, 0.717) is 37.6 Å². The maximum Gasteiger partial charge on any atom is 0.252 e. The minimum Gasteiger partial charge on any atom is -0.392 e. The Morgan fingerprint density at radius 2 is 1.81 bits per heavy atom. The molecule has 5 rings (SSSR count). The van der Waals surface area contributed by atoms with Gasteiger partial charge in [-0.25, -0.2) is 4.39 Å². The molecule has 3 aliphatic rings. The number of hydrogen-bond acceptors (Lipinski definition) is 5. The third-order valence-electron chi connectivity index (χ3n) is 6.54. The Kier molecular flexibility index (Phi) is 5.09. The Morgan fingerprint density at radius 3 is 2.52 bits per heavy atom. The molecular formula is C23H23ClFN3O3. The zero-order valence-electron chi connectivity index (χ0n) is 16.9. The standard InChI is InChI=1S/C23H23ClFN3O3/c24-17-3-1-2-16(8-17)11-27-21(30)20-9-19(29)12-28(20)23(22(27)31)13-26(14-23)10-15-4-6-18(25)7-5-15/h1-8,19-20,29H,9-14H2. The van der Waals surface area contributed by atoms with Crippen molar-refractivity contribution in [2.45, 2.75) is 37.2 Å². The van der Waals surface area contributed by atoms with Crippen LogP contribution in [-0.2, 0) is 22.7 Å². The summed E-state index contributed by atoms with van der Waals surface area (Å²) in [6.45, 7) is 2.01. The fraction of sp³-hybridized carbons (Fsp3) is 0.391. The first kappa shape index (κ1) is 20.6. The van der Waals surface area contributed by atoms with Gasteiger partial charge in [0.2, 0.25) is 5.91 Å². The van der Waals surface area contributed by atoms with Crippen molar-refractivity contribution in [2.24, 2.45) is 0 Å². The molecule has 2 aromatic rings. The van der Waals surface area contributed by atoms with Gasteiger partial charge in [0.15, 0.2) is 0 Å². The van der Waals surface area contributed by atoms with E-state index in [4.69, 9.17) is 11.6 Å². The highest BCUT2D eigenvalue weighted by atomic mass is 35.5. The van der Waals surface area contributed by atoms with Crippen LogP contribution in [0, 0.1) is 5.82 Å². The number of rotatable bonds is 4. The molecule has 3 saturated heterocycles. The number of hydrogen-bond donors (Lipinski definition) is 1. The van der Waals surface area contributed by atoms with Crippen LogP contribution < -0.4 is 0 Å². The zero-order valence-corrected chi connectivity index (χ0v) is 17.6. The number of amides is 2. The number of carbonyl (C=O) groups excluding carboxylic acids is 2. The molecule has 8 heteroatoms. The molecule has 3 aliphatic heterocycles. The Morgan fingerprint density at radius 1 is 1.06 bits per heavy atom. The van der Waals surface area contributed by atoms with Gasteiger partial charge in [-0.3, -0.25) is 24.3 Å². The van der Waals surface area contributed by atoms with Crippen molar-refractivity contribution < 1.29 is 19.1 Å². The van der Waals surface area contributed by atoms with Crippen molar-refractivity contribution in [3.8, 4) is 0 Å². The van der Waals surface area contributed by atoms with E-state index in [9.17, 15) is 19.1 Å². The molecule has 6 nitrogen and oxygen atoms in total. The minimum absolute atomic E-state index is 0.165. The van der Waals surface area contributed by atoms with Gasteiger partial charge in [-0.05, 0) is 41.8 Å². The molecule has 3 fully saturated rings. The van der Waals surface area contributed by atoms with Gasteiger partial charge in [-0.15, -0.1) is 0 Å². The Labute approximate surface area is 184 Å². The number of halogens is 2. The second kappa shape index (κ2) is 7.67. The van der Waals surface area contributed by atoms with Crippen molar-refractivity contribution in [3.05, 3.63) is 70.5 Å². The maximum atomic E-state index is 13.6. The van der Waals surface area contributed by atoms with E-state index in [-0.39, 0.29) is 24.2 Å². The van der Waals surface area contributed by atoms with E-state index < -0.39 is 17.7 Å². The molecule has 0 bridgehead atoms. The Bertz CT molecular complexity index is 1020. The van der Waals surface area contributed by atoms with Crippen LogP contribution in [-0.4, -0.2) is 68.9 Å². The van der Waals surface area contributed by atoms with Crippen LogP contribution in [0.5, 0.6) is 0 Å². The smallest absolute Gasteiger partial charge is 0.252 e. The highest BCUT2D eigenvalue weighted by Crippen LogP contribution is 2.41. The molecule has 2 unspecified atom stereocenters. The van der Waals surface area contributed by atoms with E-state index in [1.165, 1.54) is 17.0 Å². The quantitative estimate of drug-likeness (QED) is 0.733. The molecule has 2 atom stereocenters. The van der Waals surface area contributed by atoms with E-state index in [2.05, 4.69) is 4.90 Å². The highest BCUT2D eigenvalue weighted by molar-refractivity contribution is 6.30. The largest absolute Gasteiger partial charge is 0.392 e. The predicted octanol–water partition coefficient (Wildman–Crippen LogP) is 2.04. The van der Waals surface area contributed by atoms with E-state index >= 15 is 0 Å². The van der Waals surface area contributed by atoms with E-state index in [0.717, 1.165) is 11.1 Å². The summed E-state index contributed by atoms with van der Waals surface area (Å²) in [4.78, 5) is 32.1. The lowest BCUT2D eigenvalue weighted by Crippen LogP contribution is -2.81. The summed E-state index contributed by atoms with van der Waals surface area (Å²) in [5.74, 6) is -0.766. The summed E-state index contributed by atoms with van der Waals surface area (Å²) in [5, 5.41) is 10.8. The molecule has 2 aromatic carbocycles. The molecule has 162 valence electrons. The first-order chi connectivity index (χ1) is 14.9. The average Bonchev–Trinajstić information content (AvgIpc) is 3.10. The van der Waals surface area contributed by atoms with Crippen molar-refractivity contribution in [1.29, 1.82) is 0 Å². The van der Waals surface area contributed by atoms with Crippen molar-refractivity contribution in [1.82, 2.24) is 14.7 Å². The molecule has 0 saturated carbocycles. The summed E-state index contributed by atoms with van der Waals surface area (Å²) in [6.07, 6.45) is -0.298. The molecule has 1 N–H and O–H groups in total. The third-order valence-corrected chi connectivity index (χ3v) is 6.78. The van der Waals surface area contributed by atoms with Crippen LogP contribution in [0.1, 0.15) is 17.5 Å². The summed E-state index contributed by atoms with van der Waals surface area (Å²) < 4.78 is 13.2. The van der Waals surface area contributed by atoms with E-state index in [1.807, 2.05) is 11.0 Å². The lowest BCUT2D eigenvalue weighted by Gasteiger charge is -2.58. The van der Waals surface area contributed by atoms with Gasteiger partial charge in [-0.1, -0.05) is 35.9 Å². The van der Waals surface area contributed by atoms with Gasteiger partial charge < -0.3 is 5.11 Å². The second-order valence-corrected chi connectivity index (χ2v) is 9.16. The molecule has 0 aromatic heterocycles. The van der Waals surface area contributed by atoms with Gasteiger partial charge in [-0.2, -0.15) is 0 Å². The number of piperazine rings is 1. The van der Waals surface area contributed by atoms with Gasteiger partial charge in [0, 0.05) is 31.2 Å². The van der Waals surface area contributed by atoms with Crippen LogP contribution in [0.2, 0.25) is 5.02 Å². The van der Waals surface area contributed by atoms with E-state index in [1.54, 1.807) is 30.3 Å². The summed E-state index contributed by atoms with van der Waals surface area (Å²) >= 11 is 6.08. The first-order valence-corrected chi connectivity index (χ1v) is 10.8. The first-order valence-electron chi connectivity index (χ1n) is 10.4. The van der Waals surface area contributed by atoms with Gasteiger partial charge in [0.25, 0.3) is 5.91 Å². The van der Waals surface area contributed by atoms with Gasteiger partial charge >= 0.3 is 0 Å². The maximum absolute atomic E-state index is 13.6. The van der Waals surface area contributed by atoms with Crippen LogP contribution >= 0.6 is 11.6 Å². The Hall–Kier alpha value is -2.32. The fourth-order valence-electron chi connectivity index (χ4n) is 5.11. The fourth-order valence-corrected chi connectivity index (χ4v) is 5.33. The van der Waals surface area contributed by atoms with Crippen molar-refractivity contribution >= 4 is 23.4 Å². The lowest BCUT2D eigenvalue weighted by atomic mass is 9.82. The van der Waals surface area contributed by atoms with Crippen LogP contribution in [0.4, 0.5) is 4.39 Å². The molecule has 31 heavy (non-hydrogen) atoms. The second-order valence-electron chi connectivity index (χ2n) is 8.72. The number of β-amino-alcohol motifs (C(OH)–C–C–N with tert-alkyl or cyclic N) is 1. The SMILES string of the molecule is O=C1C2CC(O)CN2C2(CN(Cc3ccc(F)cc3)C2)C(=O)N1Cc1cccc(Cl)c1. The van der Waals surface area contributed by atoms with Crippen LogP contribution in [0.3, 0.4) is 0 Å². The minimum atomic E-state index is -0.825. The summed E-state index contributed by atoms with van der Waals surface area (Å²) in [6, 6.07) is 13.0. The summed E-state index contributed by atoms with van der Waals surface area (Å²) in [7, 11) is 0. The number of likely N-dealkylation sites (tertiary alicyclic amines) is 1. The molecular weight excluding hydrogens is 421 g/mol. The Balaban J connectivity index is 1.39.